The number of nitrogens with zero attached hydrogens (tertiary/aromatic N) is 1. The number of carbonyl (C=O) groups is 1. The van der Waals surface area contributed by atoms with Crippen molar-refractivity contribution in [3.8, 4) is 34.1 Å². The van der Waals surface area contributed by atoms with E-state index in [4.69, 9.17) is 18.9 Å². The van der Waals surface area contributed by atoms with E-state index in [-0.39, 0.29) is 12.8 Å². The first kappa shape index (κ1) is 15.4. The molecule has 0 radical (unpaired) electrons. The highest BCUT2D eigenvalue weighted by atomic mass is 16.7. The lowest BCUT2D eigenvalue weighted by Crippen LogP contribution is -2.37. The highest BCUT2D eigenvalue weighted by molar-refractivity contribution is 5.85. The number of benzene rings is 2. The summed E-state index contributed by atoms with van der Waals surface area (Å²) >= 11 is 0. The van der Waals surface area contributed by atoms with E-state index >= 15 is 0 Å². The first-order valence-corrected chi connectivity index (χ1v) is 8.66. The number of amides is 1. The lowest BCUT2D eigenvalue weighted by atomic mass is 9.76. The monoisotopic (exact) mass is 353 g/mol. The van der Waals surface area contributed by atoms with Gasteiger partial charge in [-0.2, -0.15) is 0 Å². The van der Waals surface area contributed by atoms with Crippen LogP contribution in [0.15, 0.2) is 18.2 Å². The van der Waals surface area contributed by atoms with Crippen molar-refractivity contribution in [3.05, 3.63) is 34.9 Å². The minimum absolute atomic E-state index is 0.000993. The van der Waals surface area contributed by atoms with Crippen LogP contribution in [0, 0.1) is 0 Å². The Morgan fingerprint density at radius 1 is 1.12 bits per heavy atom. The lowest BCUT2D eigenvalue weighted by Gasteiger charge is -2.40. The van der Waals surface area contributed by atoms with E-state index in [1.54, 1.807) is 14.2 Å². The van der Waals surface area contributed by atoms with Crippen molar-refractivity contribution in [2.24, 2.45) is 0 Å². The number of fused-ring (bicyclic) bond motifs is 3. The predicted molar refractivity (Wildman–Crippen MR) is 94.0 cm³/mol. The van der Waals surface area contributed by atoms with E-state index in [9.17, 15) is 4.79 Å². The SMILES string of the molecule is COc1cc2c3c(c1OC)-c1cc4c(cc1C[C@H]3N(C=O)CC2)OCO4. The van der Waals surface area contributed by atoms with Crippen molar-refractivity contribution < 1.29 is 23.7 Å². The minimum Gasteiger partial charge on any atom is -0.493 e. The van der Waals surface area contributed by atoms with Gasteiger partial charge in [0.05, 0.1) is 20.3 Å². The highest BCUT2D eigenvalue weighted by Crippen LogP contribution is 2.54. The summed E-state index contributed by atoms with van der Waals surface area (Å²) in [5.74, 6) is 2.90. The first-order chi connectivity index (χ1) is 12.7. The molecule has 5 rings (SSSR count). The second-order valence-electron chi connectivity index (χ2n) is 6.74. The summed E-state index contributed by atoms with van der Waals surface area (Å²) in [5, 5.41) is 0. The van der Waals surface area contributed by atoms with Crippen LogP contribution < -0.4 is 18.9 Å². The Balaban J connectivity index is 1.84. The van der Waals surface area contributed by atoms with Crippen LogP contribution in [-0.2, 0) is 17.6 Å². The third-order valence-corrected chi connectivity index (χ3v) is 5.58. The van der Waals surface area contributed by atoms with Gasteiger partial charge in [0.25, 0.3) is 0 Å². The van der Waals surface area contributed by atoms with Crippen LogP contribution >= 0.6 is 0 Å². The van der Waals surface area contributed by atoms with Gasteiger partial charge in [0.15, 0.2) is 23.0 Å². The zero-order chi connectivity index (χ0) is 17.8. The van der Waals surface area contributed by atoms with Gasteiger partial charge in [0.1, 0.15) is 0 Å². The summed E-state index contributed by atoms with van der Waals surface area (Å²) in [7, 11) is 3.30. The Bertz CT molecular complexity index is 923. The van der Waals surface area contributed by atoms with Crippen molar-refractivity contribution in [2.45, 2.75) is 18.9 Å². The van der Waals surface area contributed by atoms with Crippen molar-refractivity contribution in [1.82, 2.24) is 4.90 Å². The van der Waals surface area contributed by atoms with Crippen LogP contribution in [0.3, 0.4) is 0 Å². The fourth-order valence-electron chi connectivity index (χ4n) is 4.43. The zero-order valence-corrected chi connectivity index (χ0v) is 14.7. The molecule has 3 aliphatic rings. The van der Waals surface area contributed by atoms with E-state index in [1.807, 2.05) is 23.1 Å². The van der Waals surface area contributed by atoms with Crippen molar-refractivity contribution in [2.75, 3.05) is 27.6 Å². The molecule has 0 bridgehead atoms. The number of hydrogen-bond donors (Lipinski definition) is 0. The summed E-state index contributed by atoms with van der Waals surface area (Å²) in [5.41, 5.74) is 5.55. The van der Waals surface area contributed by atoms with E-state index in [1.165, 1.54) is 5.56 Å². The molecule has 0 saturated heterocycles. The number of ether oxygens (including phenoxy) is 4. The topological polar surface area (TPSA) is 57.2 Å². The highest BCUT2D eigenvalue weighted by Gasteiger charge is 2.38. The van der Waals surface area contributed by atoms with Gasteiger partial charge >= 0.3 is 0 Å². The molecule has 1 aliphatic carbocycles. The zero-order valence-electron chi connectivity index (χ0n) is 14.7. The van der Waals surface area contributed by atoms with Gasteiger partial charge in [-0.3, -0.25) is 4.79 Å². The van der Waals surface area contributed by atoms with Crippen molar-refractivity contribution >= 4 is 6.41 Å². The molecule has 0 fully saturated rings. The van der Waals surface area contributed by atoms with Crippen LogP contribution in [-0.4, -0.2) is 38.9 Å². The first-order valence-electron chi connectivity index (χ1n) is 8.66. The summed E-state index contributed by atoms with van der Waals surface area (Å²) in [6, 6.07) is 6.09. The summed E-state index contributed by atoms with van der Waals surface area (Å²) in [6.07, 6.45) is 2.50. The number of methoxy groups -OCH3 is 2. The average molecular weight is 353 g/mol. The van der Waals surface area contributed by atoms with Crippen LogP contribution in [0.1, 0.15) is 22.7 Å². The molecule has 1 atom stereocenters. The van der Waals surface area contributed by atoms with Gasteiger partial charge in [0, 0.05) is 12.1 Å². The second-order valence-corrected chi connectivity index (χ2v) is 6.74. The van der Waals surface area contributed by atoms with E-state index in [0.29, 0.717) is 18.0 Å². The molecule has 6 nitrogen and oxygen atoms in total. The third kappa shape index (κ3) is 1.95. The molecular formula is C20H19NO5. The van der Waals surface area contributed by atoms with Crippen LogP contribution in [0.2, 0.25) is 0 Å². The average Bonchev–Trinajstić information content (AvgIpc) is 3.13. The van der Waals surface area contributed by atoms with Gasteiger partial charge in [-0.05, 0) is 53.3 Å². The standard InChI is InChI=1S/C20H19NO5/c1-23-17-6-11-3-4-21(9-22)14-5-12-7-15-16(26-10-25-15)8-13(12)19(18(11)14)20(17)24-2/h6-9,14H,3-5,10H2,1-2H3/t14-/m1/s1. The van der Waals surface area contributed by atoms with Crippen molar-refractivity contribution in [3.63, 3.8) is 0 Å². The van der Waals surface area contributed by atoms with Gasteiger partial charge in [-0.15, -0.1) is 0 Å². The summed E-state index contributed by atoms with van der Waals surface area (Å²) < 4.78 is 22.5. The van der Waals surface area contributed by atoms with Crippen molar-refractivity contribution in [1.29, 1.82) is 0 Å². The minimum atomic E-state index is -0.000993. The molecule has 2 heterocycles. The van der Waals surface area contributed by atoms with Crippen LogP contribution in [0.25, 0.3) is 11.1 Å². The Labute approximate surface area is 151 Å². The van der Waals surface area contributed by atoms with Gasteiger partial charge in [0.2, 0.25) is 13.2 Å². The maximum atomic E-state index is 11.7. The largest absolute Gasteiger partial charge is 0.493 e. The molecular weight excluding hydrogens is 334 g/mol. The molecule has 2 aromatic carbocycles. The Kier molecular flexibility index (Phi) is 3.29. The molecule has 0 spiro atoms. The molecule has 2 aliphatic heterocycles. The number of rotatable bonds is 3. The fraction of sp³-hybridized carbons (Fsp3) is 0.350. The van der Waals surface area contributed by atoms with E-state index in [2.05, 4.69) is 0 Å². The third-order valence-electron chi connectivity index (χ3n) is 5.58. The molecule has 2 aromatic rings. The van der Waals surface area contributed by atoms with Crippen LogP contribution in [0.4, 0.5) is 0 Å². The predicted octanol–water partition coefficient (Wildman–Crippen LogP) is 2.71. The molecule has 134 valence electrons. The Morgan fingerprint density at radius 2 is 1.92 bits per heavy atom. The molecule has 0 unspecified atom stereocenters. The van der Waals surface area contributed by atoms with Crippen LogP contribution in [0.5, 0.6) is 23.0 Å². The number of carbonyl (C=O) groups excluding carboxylic acids is 1. The van der Waals surface area contributed by atoms with E-state index in [0.717, 1.165) is 53.0 Å². The summed E-state index contributed by atoms with van der Waals surface area (Å²) in [6.45, 7) is 0.936. The maximum Gasteiger partial charge on any atom is 0.231 e. The maximum absolute atomic E-state index is 11.7. The van der Waals surface area contributed by atoms with Gasteiger partial charge in [-0.1, -0.05) is 0 Å². The lowest BCUT2D eigenvalue weighted by molar-refractivity contribution is -0.120. The quantitative estimate of drug-likeness (QED) is 0.794. The van der Waals surface area contributed by atoms with Gasteiger partial charge in [-0.25, -0.2) is 0 Å². The molecule has 6 heteroatoms. The summed E-state index contributed by atoms with van der Waals surface area (Å²) in [4.78, 5) is 13.6. The Morgan fingerprint density at radius 3 is 2.65 bits per heavy atom. The van der Waals surface area contributed by atoms with E-state index < -0.39 is 0 Å². The molecule has 1 amide bonds. The smallest absolute Gasteiger partial charge is 0.231 e. The Hall–Kier alpha value is -2.89. The fourth-order valence-corrected chi connectivity index (χ4v) is 4.43. The number of hydrogen-bond acceptors (Lipinski definition) is 5. The van der Waals surface area contributed by atoms with Gasteiger partial charge < -0.3 is 23.8 Å². The second kappa shape index (κ2) is 5.56. The molecule has 0 saturated carbocycles. The molecule has 0 N–H and O–H groups in total. The normalized spacial score (nSPS) is 18.8. The molecule has 0 aromatic heterocycles. The molecule has 26 heavy (non-hydrogen) atoms.